The summed E-state index contributed by atoms with van der Waals surface area (Å²) in [4.78, 5) is 12.6. The Morgan fingerprint density at radius 2 is 1.92 bits per heavy atom. The van der Waals surface area contributed by atoms with Crippen LogP contribution in [0.4, 0.5) is 15.8 Å². The fourth-order valence-corrected chi connectivity index (χ4v) is 3.86. The summed E-state index contributed by atoms with van der Waals surface area (Å²) in [6.07, 6.45) is 1.17. The highest BCUT2D eigenvalue weighted by Gasteiger charge is 2.36. The Labute approximate surface area is 151 Å². The minimum absolute atomic E-state index is 0.0460. The zero-order chi connectivity index (χ0) is 18.7. The van der Waals surface area contributed by atoms with E-state index in [2.05, 4.69) is 10.0 Å². The van der Waals surface area contributed by atoms with Gasteiger partial charge in [-0.15, -0.1) is 0 Å². The standard InChI is InChI=1S/C18H19FN2O4S/c1-2-25-17-6-4-3-5-16(17)20-18(22)14-11-12(19)7-10-15(14)21-26(23,24)13-8-9-13/h3-7,10-11,13,21H,2,8-9H2,1H3,(H,20,22). The van der Waals surface area contributed by atoms with Gasteiger partial charge in [0.1, 0.15) is 11.6 Å². The van der Waals surface area contributed by atoms with Crippen LogP contribution in [0, 0.1) is 5.82 Å². The van der Waals surface area contributed by atoms with Crippen molar-refractivity contribution in [2.45, 2.75) is 25.0 Å². The molecule has 0 radical (unpaired) electrons. The minimum atomic E-state index is -3.58. The molecule has 6 nitrogen and oxygen atoms in total. The third-order valence-electron chi connectivity index (χ3n) is 3.88. The molecule has 0 atom stereocenters. The van der Waals surface area contributed by atoms with Crippen molar-refractivity contribution in [3.63, 3.8) is 0 Å². The van der Waals surface area contributed by atoms with Crippen LogP contribution in [0.25, 0.3) is 0 Å². The van der Waals surface area contributed by atoms with E-state index in [-0.39, 0.29) is 11.3 Å². The van der Waals surface area contributed by atoms with Gasteiger partial charge in [0.05, 0.1) is 28.8 Å². The average molecular weight is 378 g/mol. The van der Waals surface area contributed by atoms with E-state index < -0.39 is 27.0 Å². The van der Waals surface area contributed by atoms with E-state index in [0.29, 0.717) is 30.9 Å². The van der Waals surface area contributed by atoms with Gasteiger partial charge in [-0.1, -0.05) is 12.1 Å². The molecule has 0 aliphatic heterocycles. The number of para-hydroxylation sites is 2. The van der Waals surface area contributed by atoms with E-state index >= 15 is 0 Å². The zero-order valence-electron chi connectivity index (χ0n) is 14.2. The molecular weight excluding hydrogens is 359 g/mol. The molecule has 2 N–H and O–H groups in total. The lowest BCUT2D eigenvalue weighted by molar-refractivity contribution is 0.102. The molecule has 0 spiro atoms. The molecule has 1 amide bonds. The molecular formula is C18H19FN2O4S. The molecule has 0 unspecified atom stereocenters. The second kappa shape index (κ2) is 7.33. The molecule has 1 aliphatic rings. The molecule has 138 valence electrons. The zero-order valence-corrected chi connectivity index (χ0v) is 15.0. The highest BCUT2D eigenvalue weighted by molar-refractivity contribution is 7.93. The lowest BCUT2D eigenvalue weighted by Crippen LogP contribution is -2.21. The van der Waals surface area contributed by atoms with Gasteiger partial charge >= 0.3 is 0 Å². The van der Waals surface area contributed by atoms with Crippen LogP contribution in [0.2, 0.25) is 0 Å². The topological polar surface area (TPSA) is 84.5 Å². The minimum Gasteiger partial charge on any atom is -0.492 e. The van der Waals surface area contributed by atoms with Gasteiger partial charge in [0, 0.05) is 0 Å². The third kappa shape index (κ3) is 4.13. The number of ether oxygens (including phenoxy) is 1. The van der Waals surface area contributed by atoms with E-state index in [0.717, 1.165) is 12.1 Å². The van der Waals surface area contributed by atoms with Crippen molar-refractivity contribution in [3.05, 3.63) is 53.8 Å². The lowest BCUT2D eigenvalue weighted by Gasteiger charge is -2.14. The first kappa shape index (κ1) is 18.2. The first-order valence-electron chi connectivity index (χ1n) is 8.25. The number of amides is 1. The molecule has 2 aromatic rings. The normalized spacial score (nSPS) is 13.9. The fraction of sp³-hybridized carbons (Fsp3) is 0.278. The number of rotatable bonds is 7. The quantitative estimate of drug-likeness (QED) is 0.774. The van der Waals surface area contributed by atoms with Crippen molar-refractivity contribution in [2.75, 3.05) is 16.6 Å². The summed E-state index contributed by atoms with van der Waals surface area (Å²) in [7, 11) is -3.58. The molecule has 2 aromatic carbocycles. The molecule has 0 saturated heterocycles. The van der Waals surface area contributed by atoms with Crippen LogP contribution in [0.3, 0.4) is 0 Å². The fourth-order valence-electron chi connectivity index (χ4n) is 2.45. The van der Waals surface area contributed by atoms with Gasteiger partial charge in [-0.3, -0.25) is 9.52 Å². The number of sulfonamides is 1. The summed E-state index contributed by atoms with van der Waals surface area (Å²) in [6.45, 7) is 2.23. The molecule has 0 bridgehead atoms. The van der Waals surface area contributed by atoms with Crippen molar-refractivity contribution in [1.82, 2.24) is 0 Å². The highest BCUT2D eigenvalue weighted by Crippen LogP contribution is 2.31. The number of hydrogen-bond acceptors (Lipinski definition) is 4. The van der Waals surface area contributed by atoms with Crippen LogP contribution in [0.15, 0.2) is 42.5 Å². The van der Waals surface area contributed by atoms with E-state index in [1.54, 1.807) is 24.3 Å². The summed E-state index contributed by atoms with van der Waals surface area (Å²) >= 11 is 0. The van der Waals surface area contributed by atoms with Crippen LogP contribution in [0.5, 0.6) is 5.75 Å². The van der Waals surface area contributed by atoms with Gasteiger partial charge < -0.3 is 10.1 Å². The monoisotopic (exact) mass is 378 g/mol. The number of benzene rings is 2. The van der Waals surface area contributed by atoms with Crippen molar-refractivity contribution >= 4 is 27.3 Å². The van der Waals surface area contributed by atoms with E-state index in [1.807, 2.05) is 6.92 Å². The Kier molecular flexibility index (Phi) is 5.13. The molecule has 26 heavy (non-hydrogen) atoms. The van der Waals surface area contributed by atoms with Crippen molar-refractivity contribution in [3.8, 4) is 5.75 Å². The van der Waals surface area contributed by atoms with Gasteiger partial charge in [0.2, 0.25) is 10.0 Å². The number of halogens is 1. The maximum atomic E-state index is 13.7. The molecule has 0 heterocycles. The van der Waals surface area contributed by atoms with Gasteiger partial charge in [0.25, 0.3) is 5.91 Å². The molecule has 1 saturated carbocycles. The Bertz CT molecular complexity index is 927. The molecule has 1 aliphatic carbocycles. The smallest absolute Gasteiger partial charge is 0.258 e. The molecule has 8 heteroatoms. The summed E-state index contributed by atoms with van der Waals surface area (Å²) in [5.41, 5.74) is 0.366. The number of carbonyl (C=O) groups is 1. The Morgan fingerprint density at radius 3 is 2.62 bits per heavy atom. The SMILES string of the molecule is CCOc1ccccc1NC(=O)c1cc(F)ccc1NS(=O)(=O)C1CC1. The van der Waals surface area contributed by atoms with Gasteiger partial charge in [0.15, 0.2) is 0 Å². The first-order chi connectivity index (χ1) is 12.4. The predicted molar refractivity (Wildman–Crippen MR) is 97.5 cm³/mol. The number of carbonyl (C=O) groups excluding carboxylic acids is 1. The van der Waals surface area contributed by atoms with Crippen LogP contribution < -0.4 is 14.8 Å². The van der Waals surface area contributed by atoms with Crippen molar-refractivity contribution < 1.29 is 22.3 Å². The van der Waals surface area contributed by atoms with Crippen LogP contribution in [-0.2, 0) is 10.0 Å². The third-order valence-corrected chi connectivity index (χ3v) is 5.73. The highest BCUT2D eigenvalue weighted by atomic mass is 32.2. The maximum absolute atomic E-state index is 13.7. The number of hydrogen-bond donors (Lipinski definition) is 2. The van der Waals surface area contributed by atoms with Gasteiger partial charge in [-0.05, 0) is 50.1 Å². The summed E-state index contributed by atoms with van der Waals surface area (Å²) in [5, 5.41) is 2.19. The van der Waals surface area contributed by atoms with Crippen molar-refractivity contribution in [1.29, 1.82) is 0 Å². The van der Waals surface area contributed by atoms with E-state index in [4.69, 9.17) is 4.74 Å². The largest absolute Gasteiger partial charge is 0.492 e. The van der Waals surface area contributed by atoms with E-state index in [1.165, 1.54) is 6.07 Å². The average Bonchev–Trinajstić information content (AvgIpc) is 3.44. The van der Waals surface area contributed by atoms with Gasteiger partial charge in [-0.2, -0.15) is 0 Å². The predicted octanol–water partition coefficient (Wildman–Crippen LogP) is 3.38. The van der Waals surface area contributed by atoms with Gasteiger partial charge in [-0.25, -0.2) is 12.8 Å². The van der Waals surface area contributed by atoms with Crippen LogP contribution in [0.1, 0.15) is 30.1 Å². The van der Waals surface area contributed by atoms with E-state index in [9.17, 15) is 17.6 Å². The maximum Gasteiger partial charge on any atom is 0.258 e. The molecule has 3 rings (SSSR count). The van der Waals surface area contributed by atoms with Crippen LogP contribution >= 0.6 is 0 Å². The number of nitrogens with one attached hydrogen (secondary N) is 2. The second-order valence-corrected chi connectivity index (χ2v) is 7.88. The molecule has 0 aromatic heterocycles. The van der Waals surface area contributed by atoms with Crippen LogP contribution in [-0.4, -0.2) is 26.2 Å². The summed E-state index contributed by atoms with van der Waals surface area (Å²) in [5.74, 6) is -0.798. The lowest BCUT2D eigenvalue weighted by atomic mass is 10.1. The Hall–Kier alpha value is -2.61. The number of anilines is 2. The second-order valence-electron chi connectivity index (χ2n) is 5.92. The Morgan fingerprint density at radius 1 is 1.19 bits per heavy atom. The van der Waals surface area contributed by atoms with Crippen molar-refractivity contribution in [2.24, 2.45) is 0 Å². The Balaban J connectivity index is 1.88. The summed E-state index contributed by atoms with van der Waals surface area (Å²) < 4.78 is 45.8. The molecule has 1 fully saturated rings. The summed E-state index contributed by atoms with van der Waals surface area (Å²) in [6, 6.07) is 10.2. The first-order valence-corrected chi connectivity index (χ1v) is 9.79.